The number of hydrogen-bond acceptors (Lipinski definition) is 7. The molecule has 5 N–H and O–H groups in total. The summed E-state index contributed by atoms with van der Waals surface area (Å²) in [4.78, 5) is 37.6. The Morgan fingerprint density at radius 3 is 2.72 bits per heavy atom. The number of amides is 2. The van der Waals surface area contributed by atoms with Crippen molar-refractivity contribution in [3.8, 4) is 0 Å². The summed E-state index contributed by atoms with van der Waals surface area (Å²) in [6, 6.07) is 7.92. The van der Waals surface area contributed by atoms with E-state index in [-0.39, 0.29) is 87.3 Å². The van der Waals surface area contributed by atoms with E-state index < -0.39 is 11.8 Å². The van der Waals surface area contributed by atoms with Gasteiger partial charge in [-0.25, -0.2) is 5.48 Å². The van der Waals surface area contributed by atoms with Gasteiger partial charge in [-0.1, -0.05) is 24.3 Å². The van der Waals surface area contributed by atoms with Crippen molar-refractivity contribution in [1.82, 2.24) is 15.5 Å². The molecule has 0 aromatic heterocycles. The van der Waals surface area contributed by atoms with Crippen molar-refractivity contribution in [3.05, 3.63) is 53.1 Å². The van der Waals surface area contributed by atoms with Crippen molar-refractivity contribution in [2.24, 2.45) is 5.92 Å². The van der Waals surface area contributed by atoms with Gasteiger partial charge < -0.3 is 10.8 Å². The van der Waals surface area contributed by atoms with Crippen molar-refractivity contribution in [3.63, 3.8) is 0 Å². The molecule has 0 spiro atoms. The second kappa shape index (κ2) is 12.1. The van der Waals surface area contributed by atoms with Gasteiger partial charge in [0.1, 0.15) is 0 Å². The number of rotatable bonds is 5. The summed E-state index contributed by atoms with van der Waals surface area (Å²) >= 11 is 1.54. The molecule has 0 saturated carbocycles. The average molecular weight is 444 g/mol. The summed E-state index contributed by atoms with van der Waals surface area (Å²) in [5.74, 6) is -1.48. The third-order valence-corrected chi connectivity index (χ3v) is 5.70. The van der Waals surface area contributed by atoms with Crippen LogP contribution in [0, 0.1) is 5.92 Å². The molecule has 10 heteroatoms. The molecule has 2 unspecified atom stereocenters. The smallest absolute Gasteiger partial charge is 0.870 e. The Bertz CT molecular complexity index is 843. The molecule has 1 aromatic carbocycles. The van der Waals surface area contributed by atoms with Crippen LogP contribution in [-0.4, -0.2) is 41.9 Å². The summed E-state index contributed by atoms with van der Waals surface area (Å²) < 4.78 is 3.26. The number of nitrogens with one attached hydrogen (secondary N) is 3. The van der Waals surface area contributed by atoms with E-state index in [4.69, 9.17) is 5.21 Å². The van der Waals surface area contributed by atoms with Gasteiger partial charge in [0.2, 0.25) is 5.91 Å². The molecule has 2 atom stereocenters. The molecular weight excluding hydrogens is 421 g/mol. The van der Waals surface area contributed by atoms with Gasteiger partial charge in [0, 0.05) is 42.3 Å². The van der Waals surface area contributed by atoms with E-state index in [0.29, 0.717) is 17.7 Å². The molecule has 0 radical (unpaired) electrons. The maximum absolute atomic E-state index is 12.8. The van der Waals surface area contributed by atoms with Gasteiger partial charge in [0.05, 0.1) is 0 Å². The van der Waals surface area contributed by atoms with Crippen LogP contribution < -0.4 is 66.9 Å². The predicted octanol–water partition coefficient (Wildman–Crippen LogP) is -1.71. The van der Waals surface area contributed by atoms with Crippen LogP contribution >= 0.6 is 11.9 Å². The molecule has 2 aliphatic rings. The second-order valence-corrected chi connectivity index (χ2v) is 7.32. The molecule has 2 amide bonds. The first kappa shape index (κ1) is 26.2. The van der Waals surface area contributed by atoms with Crippen molar-refractivity contribution in [2.75, 3.05) is 13.6 Å². The maximum Gasteiger partial charge on any atom is 1.00 e. The van der Waals surface area contributed by atoms with Crippen LogP contribution in [0.5, 0.6) is 0 Å². The van der Waals surface area contributed by atoms with Crippen LogP contribution in [0.2, 0.25) is 0 Å². The summed E-state index contributed by atoms with van der Waals surface area (Å²) in [5.41, 5.74) is 3.56. The molecular formula is C19H22KN3O5S. The van der Waals surface area contributed by atoms with Crippen molar-refractivity contribution in [1.29, 1.82) is 0 Å². The molecule has 8 nitrogen and oxygen atoms in total. The van der Waals surface area contributed by atoms with Gasteiger partial charge in [0.25, 0.3) is 5.91 Å². The van der Waals surface area contributed by atoms with E-state index >= 15 is 0 Å². The number of fused-ring (bicyclic) bond motifs is 1. The molecule has 1 aliphatic carbocycles. The molecule has 1 aliphatic heterocycles. The van der Waals surface area contributed by atoms with Gasteiger partial charge in [-0.3, -0.25) is 24.3 Å². The van der Waals surface area contributed by atoms with E-state index in [1.165, 1.54) is 25.1 Å². The Labute approximate surface area is 215 Å². The molecule has 0 saturated heterocycles. The van der Waals surface area contributed by atoms with E-state index in [0.717, 1.165) is 10.5 Å². The van der Waals surface area contributed by atoms with E-state index in [9.17, 15) is 14.4 Å². The minimum absolute atomic E-state index is 0. The number of benzene rings is 1. The zero-order valence-corrected chi connectivity index (χ0v) is 20.2. The summed E-state index contributed by atoms with van der Waals surface area (Å²) in [6.07, 6.45) is 3.36. The minimum atomic E-state index is -0.566. The number of ketones is 1. The normalized spacial score (nSPS) is 20.1. The third-order valence-electron chi connectivity index (χ3n) is 4.79. The Hall–Kier alpha value is -0.824. The zero-order chi connectivity index (χ0) is 19.4. The Kier molecular flexibility index (Phi) is 11.0. The number of carbonyl (C=O) groups is 3. The van der Waals surface area contributed by atoms with Crippen LogP contribution in [0.3, 0.4) is 0 Å². The number of allylic oxidation sites excluding steroid dienone is 2. The monoisotopic (exact) mass is 443 g/mol. The standard InChI is InChI=1S/C19H21N3O4S.K.H2O/c1-20-19(25)13-9-14(16(23)8-11(13)6-7-18(24)22-26)15-10-21-27-17-5-3-2-4-12(15)17;;/h2-5,8-9,14-15,21,26H,6-7,10H2,1H3,(H,20,25)(H,22,24);;1H2/q;+1;/p-1. The summed E-state index contributed by atoms with van der Waals surface area (Å²) in [6.45, 7) is 0.617. The largest absolute Gasteiger partial charge is 1.00 e. The Morgan fingerprint density at radius 1 is 1.31 bits per heavy atom. The van der Waals surface area contributed by atoms with E-state index in [1.807, 2.05) is 24.3 Å². The number of carbonyl (C=O) groups excluding carboxylic acids is 3. The quantitative estimate of drug-likeness (QED) is 0.184. The van der Waals surface area contributed by atoms with Gasteiger partial charge in [-0.05, 0) is 41.6 Å². The topological polar surface area (TPSA) is 138 Å². The van der Waals surface area contributed by atoms with Crippen molar-refractivity contribution in [2.45, 2.75) is 23.7 Å². The maximum atomic E-state index is 12.8. The fourth-order valence-electron chi connectivity index (χ4n) is 3.42. The molecule has 1 heterocycles. The van der Waals surface area contributed by atoms with Crippen LogP contribution in [0.1, 0.15) is 24.3 Å². The second-order valence-electron chi connectivity index (χ2n) is 6.39. The summed E-state index contributed by atoms with van der Waals surface area (Å²) in [7, 11) is 1.53. The molecule has 0 fully saturated rings. The fourth-order valence-corrected chi connectivity index (χ4v) is 4.32. The average Bonchev–Trinajstić information content (AvgIpc) is 2.71. The minimum Gasteiger partial charge on any atom is -0.870 e. The fraction of sp³-hybridized carbons (Fsp3) is 0.316. The molecule has 3 rings (SSSR count). The number of hydroxylamine groups is 1. The SMILES string of the molecule is CNC(=O)C1=CC(C2CNSc3ccccc32)C(=O)C=C1CCC(=O)NO.[K+].[OH-]. The first-order chi connectivity index (χ1) is 13.0. The zero-order valence-electron chi connectivity index (χ0n) is 16.3. The van der Waals surface area contributed by atoms with Gasteiger partial charge >= 0.3 is 51.4 Å². The molecule has 1 aromatic rings. The van der Waals surface area contributed by atoms with Crippen molar-refractivity contribution >= 4 is 29.5 Å². The number of likely N-dealkylation sites (N-methyl/N-ethyl adjacent to an activating group) is 1. The Balaban J connectivity index is 0.00000210. The van der Waals surface area contributed by atoms with Gasteiger partial charge in [0.15, 0.2) is 5.78 Å². The third kappa shape index (κ3) is 6.09. The summed E-state index contributed by atoms with van der Waals surface area (Å²) in [5, 5.41) is 11.2. The predicted molar refractivity (Wildman–Crippen MR) is 103 cm³/mol. The van der Waals surface area contributed by atoms with E-state index in [2.05, 4.69) is 10.0 Å². The van der Waals surface area contributed by atoms with Crippen LogP contribution in [-0.2, 0) is 14.4 Å². The first-order valence-corrected chi connectivity index (χ1v) is 9.47. The van der Waals surface area contributed by atoms with Gasteiger partial charge in [-0.2, -0.15) is 0 Å². The van der Waals surface area contributed by atoms with Crippen LogP contribution in [0.15, 0.2) is 52.5 Å². The van der Waals surface area contributed by atoms with Crippen molar-refractivity contribution < 1.29 is 76.5 Å². The molecule has 29 heavy (non-hydrogen) atoms. The molecule has 150 valence electrons. The number of hydrogen-bond donors (Lipinski definition) is 4. The first-order valence-electron chi connectivity index (χ1n) is 8.65. The Morgan fingerprint density at radius 2 is 2.03 bits per heavy atom. The van der Waals surface area contributed by atoms with E-state index in [1.54, 1.807) is 11.6 Å². The van der Waals surface area contributed by atoms with Crippen LogP contribution in [0.25, 0.3) is 0 Å². The van der Waals surface area contributed by atoms with Crippen LogP contribution in [0.4, 0.5) is 0 Å². The molecule has 0 bridgehead atoms. The van der Waals surface area contributed by atoms with Gasteiger partial charge in [-0.15, -0.1) is 0 Å².